The van der Waals surface area contributed by atoms with Crippen LogP contribution in [0.25, 0.3) is 0 Å². The number of hydrogen-bond acceptors (Lipinski definition) is 4. The summed E-state index contributed by atoms with van der Waals surface area (Å²) in [5, 5.41) is 2.76. The van der Waals surface area contributed by atoms with Crippen molar-refractivity contribution in [1.29, 1.82) is 0 Å². The number of esters is 1. The number of amides is 1. The molecule has 0 unspecified atom stereocenters. The Kier molecular flexibility index (Phi) is 5.03. The first-order valence-electron chi connectivity index (χ1n) is 5.06. The lowest BCUT2D eigenvalue weighted by Gasteiger charge is -2.09. The molecule has 0 aliphatic carbocycles. The van der Waals surface area contributed by atoms with Crippen molar-refractivity contribution in [2.24, 2.45) is 0 Å². The van der Waals surface area contributed by atoms with Crippen molar-refractivity contribution >= 4 is 29.3 Å². The third-order valence-corrected chi connectivity index (χ3v) is 2.76. The van der Waals surface area contributed by atoms with E-state index in [-0.39, 0.29) is 5.91 Å². The monoisotopic (exact) mass is 253 g/mol. The maximum atomic E-state index is 11.5. The zero-order valence-electron chi connectivity index (χ0n) is 10.1. The largest absolute Gasteiger partial charge is 0.465 e. The van der Waals surface area contributed by atoms with E-state index in [9.17, 15) is 9.59 Å². The fraction of sp³-hybridized carbons (Fsp3) is 0.333. The topological polar surface area (TPSA) is 55.4 Å². The van der Waals surface area contributed by atoms with Crippen molar-refractivity contribution in [3.8, 4) is 0 Å². The maximum Gasteiger partial charge on any atom is 0.337 e. The van der Waals surface area contributed by atoms with Crippen LogP contribution in [0.4, 0.5) is 5.69 Å². The number of ether oxygens (including phenoxy) is 1. The fourth-order valence-electron chi connectivity index (χ4n) is 1.32. The van der Waals surface area contributed by atoms with Gasteiger partial charge in [-0.05, 0) is 30.9 Å². The number of aryl methyl sites for hydroxylation is 1. The molecular weight excluding hydrogens is 238 g/mol. The second-order valence-corrected chi connectivity index (χ2v) is 4.37. The second-order valence-electron chi connectivity index (χ2n) is 3.50. The first-order chi connectivity index (χ1) is 8.08. The van der Waals surface area contributed by atoms with Crippen molar-refractivity contribution in [3.63, 3.8) is 0 Å². The first-order valence-corrected chi connectivity index (χ1v) is 6.45. The van der Waals surface area contributed by atoms with Gasteiger partial charge in [0.1, 0.15) is 0 Å². The predicted molar refractivity (Wildman–Crippen MR) is 69.5 cm³/mol. The predicted octanol–water partition coefficient (Wildman–Crippen LogP) is 2.08. The van der Waals surface area contributed by atoms with Crippen molar-refractivity contribution in [3.05, 3.63) is 29.3 Å². The van der Waals surface area contributed by atoms with Gasteiger partial charge in [0.2, 0.25) is 5.91 Å². The van der Waals surface area contributed by atoms with Crippen LogP contribution in [0.5, 0.6) is 0 Å². The van der Waals surface area contributed by atoms with Crippen molar-refractivity contribution < 1.29 is 14.3 Å². The summed E-state index contributed by atoms with van der Waals surface area (Å²) in [6.07, 6.45) is 1.86. The Morgan fingerprint density at radius 3 is 2.71 bits per heavy atom. The van der Waals surface area contributed by atoms with Crippen molar-refractivity contribution in [2.45, 2.75) is 6.92 Å². The summed E-state index contributed by atoms with van der Waals surface area (Å²) in [5.41, 5.74) is 1.98. The molecule has 0 spiro atoms. The van der Waals surface area contributed by atoms with Gasteiger partial charge in [-0.2, -0.15) is 11.8 Å². The van der Waals surface area contributed by atoms with Gasteiger partial charge in [0.25, 0.3) is 0 Å². The SMILES string of the molecule is COC(=O)c1ccc(C)c(NC(=O)CSC)c1. The summed E-state index contributed by atoms with van der Waals surface area (Å²) in [4.78, 5) is 22.8. The van der Waals surface area contributed by atoms with Crippen LogP contribution >= 0.6 is 11.8 Å². The summed E-state index contributed by atoms with van der Waals surface area (Å²) >= 11 is 1.45. The molecular formula is C12H15NO3S. The molecule has 1 amide bonds. The molecule has 0 saturated carbocycles. The molecule has 1 aromatic carbocycles. The average molecular weight is 253 g/mol. The van der Waals surface area contributed by atoms with E-state index in [0.717, 1.165) is 5.56 Å². The standard InChI is InChI=1S/C12H15NO3S/c1-8-4-5-9(12(15)16-2)6-10(8)13-11(14)7-17-3/h4-6H,7H2,1-3H3,(H,13,14). The number of benzene rings is 1. The summed E-state index contributed by atoms with van der Waals surface area (Å²) in [6, 6.07) is 5.08. The lowest BCUT2D eigenvalue weighted by atomic mass is 10.1. The van der Waals surface area contributed by atoms with Crippen molar-refractivity contribution in [1.82, 2.24) is 0 Å². The van der Waals surface area contributed by atoms with E-state index in [1.165, 1.54) is 18.9 Å². The minimum Gasteiger partial charge on any atom is -0.465 e. The van der Waals surface area contributed by atoms with E-state index in [1.807, 2.05) is 13.2 Å². The molecule has 0 heterocycles. The minimum atomic E-state index is -0.412. The third-order valence-electron chi connectivity index (χ3n) is 2.21. The van der Waals surface area contributed by atoms with E-state index >= 15 is 0 Å². The van der Waals surface area contributed by atoms with Crippen LogP contribution < -0.4 is 5.32 Å². The highest BCUT2D eigenvalue weighted by Gasteiger charge is 2.09. The third kappa shape index (κ3) is 3.78. The van der Waals surface area contributed by atoms with Crippen LogP contribution in [0.2, 0.25) is 0 Å². The Bertz CT molecular complexity index is 432. The maximum absolute atomic E-state index is 11.5. The quantitative estimate of drug-likeness (QED) is 0.835. The Hall–Kier alpha value is -1.49. The van der Waals surface area contributed by atoms with Gasteiger partial charge < -0.3 is 10.1 Å². The van der Waals surface area contributed by atoms with Crippen LogP contribution in [0.3, 0.4) is 0 Å². The van der Waals surface area contributed by atoms with Gasteiger partial charge in [-0.1, -0.05) is 6.07 Å². The molecule has 92 valence electrons. The second kappa shape index (κ2) is 6.30. The number of methoxy groups -OCH3 is 1. The molecule has 0 aromatic heterocycles. The van der Waals surface area contributed by atoms with E-state index < -0.39 is 5.97 Å². The van der Waals surface area contributed by atoms with Gasteiger partial charge in [0.05, 0.1) is 18.4 Å². The number of carbonyl (C=O) groups excluding carboxylic acids is 2. The summed E-state index contributed by atoms with van der Waals surface area (Å²) in [7, 11) is 1.33. The van der Waals surface area contributed by atoms with E-state index in [4.69, 9.17) is 0 Å². The molecule has 0 fully saturated rings. The van der Waals surface area contributed by atoms with Crippen molar-refractivity contribution in [2.75, 3.05) is 24.4 Å². The fourth-order valence-corrected chi connectivity index (χ4v) is 1.65. The van der Waals surface area contributed by atoms with E-state index in [0.29, 0.717) is 17.0 Å². The summed E-state index contributed by atoms with van der Waals surface area (Å²) < 4.78 is 4.63. The van der Waals surface area contributed by atoms with E-state index in [1.54, 1.807) is 18.2 Å². The molecule has 4 nitrogen and oxygen atoms in total. The van der Waals surface area contributed by atoms with Crippen LogP contribution in [0.1, 0.15) is 15.9 Å². The molecule has 1 N–H and O–H groups in total. The Balaban J connectivity index is 2.90. The molecule has 0 aliphatic rings. The highest BCUT2D eigenvalue weighted by Crippen LogP contribution is 2.17. The molecule has 0 radical (unpaired) electrons. The Morgan fingerprint density at radius 1 is 1.41 bits per heavy atom. The summed E-state index contributed by atoms with van der Waals surface area (Å²) in [6.45, 7) is 1.87. The minimum absolute atomic E-state index is 0.0809. The average Bonchev–Trinajstić information content (AvgIpc) is 2.31. The molecule has 1 rings (SSSR count). The number of thioether (sulfide) groups is 1. The van der Waals surface area contributed by atoms with E-state index in [2.05, 4.69) is 10.1 Å². The van der Waals surface area contributed by atoms with Crippen LogP contribution in [-0.4, -0.2) is 31.0 Å². The highest BCUT2D eigenvalue weighted by molar-refractivity contribution is 7.99. The van der Waals surface area contributed by atoms with Gasteiger partial charge in [-0.3, -0.25) is 4.79 Å². The van der Waals surface area contributed by atoms with Gasteiger partial charge >= 0.3 is 5.97 Å². The normalized spacial score (nSPS) is 9.82. The van der Waals surface area contributed by atoms with Crippen LogP contribution in [0.15, 0.2) is 18.2 Å². The highest BCUT2D eigenvalue weighted by atomic mass is 32.2. The zero-order chi connectivity index (χ0) is 12.8. The Labute approximate surface area is 105 Å². The first kappa shape index (κ1) is 13.6. The molecule has 5 heteroatoms. The van der Waals surface area contributed by atoms with Crippen LogP contribution in [-0.2, 0) is 9.53 Å². The molecule has 0 aliphatic heterocycles. The number of hydrogen-bond donors (Lipinski definition) is 1. The van der Waals surface area contributed by atoms with Gasteiger partial charge in [0.15, 0.2) is 0 Å². The molecule has 0 atom stereocenters. The molecule has 17 heavy (non-hydrogen) atoms. The zero-order valence-corrected chi connectivity index (χ0v) is 10.9. The van der Waals surface area contributed by atoms with Gasteiger partial charge in [-0.15, -0.1) is 0 Å². The van der Waals surface area contributed by atoms with Gasteiger partial charge in [-0.25, -0.2) is 4.79 Å². The molecule has 0 saturated heterocycles. The number of anilines is 1. The lowest BCUT2D eigenvalue weighted by Crippen LogP contribution is -2.15. The smallest absolute Gasteiger partial charge is 0.337 e. The van der Waals surface area contributed by atoms with Crippen LogP contribution in [0, 0.1) is 6.92 Å². The summed E-state index contributed by atoms with van der Waals surface area (Å²) in [5.74, 6) is -0.102. The number of nitrogens with one attached hydrogen (secondary N) is 1. The molecule has 0 bridgehead atoms. The number of carbonyl (C=O) groups is 2. The molecule has 1 aromatic rings. The Morgan fingerprint density at radius 2 is 2.12 bits per heavy atom. The lowest BCUT2D eigenvalue weighted by molar-refractivity contribution is -0.113. The number of rotatable bonds is 4. The van der Waals surface area contributed by atoms with Gasteiger partial charge in [0, 0.05) is 5.69 Å².